The molecule has 0 spiro atoms. The number of anilines is 1. The summed E-state index contributed by atoms with van der Waals surface area (Å²) >= 11 is 5.97. The normalized spacial score (nSPS) is 15.0. The van der Waals surface area contributed by atoms with Gasteiger partial charge in [-0.1, -0.05) is 29.8 Å². The Balaban J connectivity index is 1.64. The molecule has 0 aliphatic carbocycles. The fraction of sp³-hybridized carbons (Fsp3) is 0.105. The van der Waals surface area contributed by atoms with E-state index in [2.05, 4.69) is 4.72 Å². The molecule has 2 heterocycles. The van der Waals surface area contributed by atoms with E-state index in [0.29, 0.717) is 28.9 Å². The molecule has 0 atom stereocenters. The molecule has 0 saturated heterocycles. The third-order valence-electron chi connectivity index (χ3n) is 4.12. The Hall–Kier alpha value is -2.57. The van der Waals surface area contributed by atoms with Crippen molar-refractivity contribution in [3.8, 4) is 22.6 Å². The number of benzene rings is 2. The van der Waals surface area contributed by atoms with E-state index >= 15 is 0 Å². The number of rotatable bonds is 3. The van der Waals surface area contributed by atoms with Crippen LogP contribution in [0.2, 0.25) is 5.02 Å². The van der Waals surface area contributed by atoms with Crippen LogP contribution in [0.3, 0.4) is 0 Å². The van der Waals surface area contributed by atoms with Crippen molar-refractivity contribution in [1.82, 2.24) is 0 Å². The number of ether oxygens (including phenoxy) is 1. The van der Waals surface area contributed by atoms with Gasteiger partial charge in [-0.2, -0.15) is 13.1 Å². The van der Waals surface area contributed by atoms with Crippen molar-refractivity contribution in [2.45, 2.75) is 6.54 Å². The van der Waals surface area contributed by atoms with Crippen LogP contribution in [0.15, 0.2) is 66.9 Å². The lowest BCUT2D eigenvalue weighted by molar-refractivity contribution is -0.679. The second kappa shape index (κ2) is 6.63. The first-order valence-corrected chi connectivity index (χ1v) is 10.1. The first kappa shape index (κ1) is 16.9. The highest BCUT2D eigenvalue weighted by Crippen LogP contribution is 2.30. The average molecular weight is 388 g/mol. The second-order valence-electron chi connectivity index (χ2n) is 5.97. The van der Waals surface area contributed by atoms with Crippen LogP contribution in [0, 0.1) is 0 Å². The fourth-order valence-corrected chi connectivity index (χ4v) is 4.11. The van der Waals surface area contributed by atoms with E-state index in [9.17, 15) is 8.42 Å². The minimum absolute atomic E-state index is 0.0839. The summed E-state index contributed by atoms with van der Waals surface area (Å²) in [6.07, 6.45) is 1.87. The van der Waals surface area contributed by atoms with Crippen LogP contribution in [-0.4, -0.2) is 14.2 Å². The number of fused-ring (bicyclic) bond motifs is 1. The van der Waals surface area contributed by atoms with Crippen LogP contribution in [-0.2, 0) is 16.6 Å². The van der Waals surface area contributed by atoms with Crippen molar-refractivity contribution in [2.24, 2.45) is 0 Å². The zero-order chi connectivity index (χ0) is 18.1. The third-order valence-corrected chi connectivity index (χ3v) is 5.58. The fourth-order valence-electron chi connectivity index (χ4n) is 2.87. The number of nitrogens with zero attached hydrogens (tertiary/aromatic N) is 1. The monoisotopic (exact) mass is 387 g/mol. The highest BCUT2D eigenvalue weighted by molar-refractivity contribution is 7.92. The maximum Gasteiger partial charge on any atom is 0.302 e. The van der Waals surface area contributed by atoms with Gasteiger partial charge in [0.1, 0.15) is 23.8 Å². The molecule has 26 heavy (non-hydrogen) atoms. The number of nitrogens with one attached hydrogen (secondary N) is 1. The van der Waals surface area contributed by atoms with Crippen LogP contribution in [0.25, 0.3) is 11.1 Å². The summed E-state index contributed by atoms with van der Waals surface area (Å²) in [5, 5.41) is 0.611. The molecule has 0 unspecified atom stereocenters. The number of hydrogen-bond donors (Lipinski definition) is 1. The lowest BCUT2D eigenvalue weighted by Gasteiger charge is -2.15. The van der Waals surface area contributed by atoms with Gasteiger partial charge in [-0.15, -0.1) is 0 Å². The highest BCUT2D eigenvalue weighted by Gasteiger charge is 2.29. The summed E-state index contributed by atoms with van der Waals surface area (Å²) in [6.45, 7) is 0.439. The lowest BCUT2D eigenvalue weighted by Crippen LogP contribution is -2.47. The van der Waals surface area contributed by atoms with Gasteiger partial charge < -0.3 is 4.74 Å². The number of aryl methyl sites for hydroxylation is 1. The molecular formula is C19H16ClN2O3S+. The highest BCUT2D eigenvalue weighted by atomic mass is 35.5. The maximum atomic E-state index is 11.9. The quantitative estimate of drug-likeness (QED) is 0.694. The van der Waals surface area contributed by atoms with E-state index in [1.807, 2.05) is 59.3 Å². The van der Waals surface area contributed by atoms with Crippen LogP contribution >= 0.6 is 11.6 Å². The number of aromatic nitrogens is 1. The van der Waals surface area contributed by atoms with Crippen LogP contribution in [0.5, 0.6) is 11.5 Å². The number of sulfonamides is 1. The topological polar surface area (TPSA) is 59.3 Å². The third kappa shape index (κ3) is 3.52. The van der Waals surface area contributed by atoms with Gasteiger partial charge in [-0.25, -0.2) is 4.57 Å². The van der Waals surface area contributed by atoms with E-state index in [-0.39, 0.29) is 5.75 Å². The molecule has 3 aromatic rings. The molecule has 1 N–H and O–H groups in total. The first-order chi connectivity index (χ1) is 12.5. The van der Waals surface area contributed by atoms with E-state index < -0.39 is 10.0 Å². The molecule has 2 aromatic carbocycles. The Morgan fingerprint density at radius 1 is 1.00 bits per heavy atom. The summed E-state index contributed by atoms with van der Waals surface area (Å²) in [5.41, 5.74) is 1.72. The summed E-state index contributed by atoms with van der Waals surface area (Å²) in [7, 11) is -3.29. The molecule has 1 aliphatic heterocycles. The molecule has 132 valence electrons. The number of hydrogen-bond acceptors (Lipinski definition) is 3. The van der Waals surface area contributed by atoms with Gasteiger partial charge in [0, 0.05) is 5.02 Å². The summed E-state index contributed by atoms with van der Waals surface area (Å²) < 4.78 is 34.2. The van der Waals surface area contributed by atoms with Crippen molar-refractivity contribution in [3.05, 3.63) is 71.9 Å². The average Bonchev–Trinajstić information content (AvgIpc) is 2.61. The standard InChI is InChI=1S/C19H15ClN2O3S/c20-15-3-1-4-17(13-15)25-16-8-6-14(7-9-16)18-5-2-10-22-11-12-26(23,24)21-19(18)22/h1-10,13H,11-12H2/p+1. The Kier molecular flexibility index (Phi) is 4.30. The smallest absolute Gasteiger partial charge is 0.302 e. The van der Waals surface area contributed by atoms with Gasteiger partial charge in [0.15, 0.2) is 0 Å². The van der Waals surface area contributed by atoms with Crippen molar-refractivity contribution in [1.29, 1.82) is 0 Å². The van der Waals surface area contributed by atoms with Gasteiger partial charge in [-0.3, -0.25) is 0 Å². The molecule has 0 bridgehead atoms. The maximum absolute atomic E-state index is 11.9. The predicted molar refractivity (Wildman–Crippen MR) is 101 cm³/mol. The zero-order valence-corrected chi connectivity index (χ0v) is 15.3. The summed E-state index contributed by atoms with van der Waals surface area (Å²) in [4.78, 5) is 0. The van der Waals surface area contributed by atoms with E-state index in [4.69, 9.17) is 16.3 Å². The van der Waals surface area contributed by atoms with Crippen molar-refractivity contribution < 1.29 is 17.7 Å². The molecule has 7 heteroatoms. The van der Waals surface area contributed by atoms with Gasteiger partial charge in [0.2, 0.25) is 0 Å². The summed E-state index contributed by atoms with van der Waals surface area (Å²) in [6, 6.07) is 18.5. The Labute approximate surface area is 156 Å². The largest absolute Gasteiger partial charge is 0.457 e. The predicted octanol–water partition coefficient (Wildman–Crippen LogP) is 3.84. The SMILES string of the molecule is O=S1(=O)CC[n+]2cccc(-c3ccc(Oc4cccc(Cl)c4)cc3)c2N1. The van der Waals surface area contributed by atoms with Crippen LogP contribution in [0.1, 0.15) is 0 Å². The van der Waals surface area contributed by atoms with Crippen LogP contribution < -0.4 is 14.0 Å². The van der Waals surface area contributed by atoms with Gasteiger partial charge in [0.25, 0.3) is 5.82 Å². The van der Waals surface area contributed by atoms with Gasteiger partial charge >= 0.3 is 10.0 Å². The zero-order valence-electron chi connectivity index (χ0n) is 13.7. The van der Waals surface area contributed by atoms with Gasteiger partial charge in [0.05, 0.1) is 11.8 Å². The van der Waals surface area contributed by atoms with Crippen molar-refractivity contribution in [2.75, 3.05) is 10.5 Å². The molecular weight excluding hydrogens is 372 g/mol. The van der Waals surface area contributed by atoms with E-state index in [0.717, 1.165) is 11.1 Å². The van der Waals surface area contributed by atoms with Crippen molar-refractivity contribution in [3.63, 3.8) is 0 Å². The Morgan fingerprint density at radius 2 is 1.81 bits per heavy atom. The molecule has 4 rings (SSSR count). The molecule has 0 fully saturated rings. The molecule has 5 nitrogen and oxygen atoms in total. The van der Waals surface area contributed by atoms with E-state index in [1.54, 1.807) is 12.1 Å². The molecule has 1 aromatic heterocycles. The van der Waals surface area contributed by atoms with Crippen molar-refractivity contribution >= 4 is 27.4 Å². The van der Waals surface area contributed by atoms with Gasteiger partial charge in [-0.05, 0) is 48.0 Å². The minimum Gasteiger partial charge on any atom is -0.457 e. The molecule has 0 saturated carbocycles. The number of pyridine rings is 1. The molecule has 1 aliphatic rings. The Morgan fingerprint density at radius 3 is 2.58 bits per heavy atom. The van der Waals surface area contributed by atoms with Crippen LogP contribution in [0.4, 0.5) is 5.82 Å². The molecule has 0 amide bonds. The Bertz CT molecular complexity index is 1070. The second-order valence-corrected chi connectivity index (χ2v) is 8.25. The lowest BCUT2D eigenvalue weighted by atomic mass is 10.1. The summed E-state index contributed by atoms with van der Waals surface area (Å²) in [5.74, 6) is 2.00. The number of halogens is 1. The minimum atomic E-state index is -3.29. The van der Waals surface area contributed by atoms with E-state index in [1.165, 1.54) is 0 Å². The first-order valence-electron chi connectivity index (χ1n) is 8.07. The molecule has 0 radical (unpaired) electrons.